The van der Waals surface area contributed by atoms with E-state index in [2.05, 4.69) is 26.0 Å². The summed E-state index contributed by atoms with van der Waals surface area (Å²) in [4.78, 5) is 12.7. The Morgan fingerprint density at radius 3 is 2.32 bits per heavy atom. The van der Waals surface area contributed by atoms with Gasteiger partial charge in [0.05, 0.1) is 12.0 Å². The highest BCUT2D eigenvalue weighted by Crippen LogP contribution is 2.38. The molecule has 0 aromatic heterocycles. The Labute approximate surface area is 177 Å². The summed E-state index contributed by atoms with van der Waals surface area (Å²) in [6.07, 6.45) is 11.3. The van der Waals surface area contributed by atoms with Crippen LogP contribution in [0.5, 0.6) is 0 Å². The third kappa shape index (κ3) is 7.62. The molecule has 3 heteroatoms. The Hall–Kier alpha value is -1.28. The van der Waals surface area contributed by atoms with Crippen LogP contribution in [0.4, 0.5) is 0 Å². The molecule has 0 heterocycles. The fourth-order valence-corrected chi connectivity index (χ4v) is 3.83. The number of ether oxygens (including phenoxy) is 1. The average Bonchev–Trinajstić information content (AvgIpc) is 2.67. The van der Waals surface area contributed by atoms with Crippen LogP contribution in [0, 0.1) is 11.3 Å². The van der Waals surface area contributed by atoms with E-state index in [-0.39, 0.29) is 11.9 Å². The van der Waals surface area contributed by atoms with Crippen molar-refractivity contribution in [3.05, 3.63) is 40.9 Å². The van der Waals surface area contributed by atoms with Crippen LogP contribution < -0.4 is 0 Å². The fraction of sp³-hybridized carbons (Fsp3) is 0.640. The van der Waals surface area contributed by atoms with Crippen LogP contribution in [0.15, 0.2) is 30.3 Å². The Balaban J connectivity index is 3.27. The molecule has 28 heavy (non-hydrogen) atoms. The highest BCUT2D eigenvalue weighted by molar-refractivity contribution is 6.32. The van der Waals surface area contributed by atoms with Gasteiger partial charge in [-0.15, -0.1) is 0 Å². The maximum Gasteiger partial charge on any atom is 0.312 e. The van der Waals surface area contributed by atoms with E-state index in [1.165, 1.54) is 31.3 Å². The number of carbonyl (C=O) groups excluding carboxylic acids is 1. The number of unbranched alkanes of at least 4 members (excludes halogenated alkanes) is 4. The van der Waals surface area contributed by atoms with Gasteiger partial charge >= 0.3 is 5.97 Å². The molecule has 1 atom stereocenters. The van der Waals surface area contributed by atoms with E-state index >= 15 is 0 Å². The van der Waals surface area contributed by atoms with Crippen molar-refractivity contribution < 1.29 is 9.53 Å². The summed E-state index contributed by atoms with van der Waals surface area (Å²) in [5.74, 6) is 0.0193. The number of allylic oxidation sites excluding steroid dienone is 2. The second kappa shape index (κ2) is 13.0. The largest absolute Gasteiger partial charge is 0.466 e. The molecule has 0 radical (unpaired) electrons. The monoisotopic (exact) mass is 406 g/mol. The Kier molecular flexibility index (Phi) is 11.5. The lowest BCUT2D eigenvalue weighted by Crippen LogP contribution is -2.34. The first-order valence-corrected chi connectivity index (χ1v) is 11.4. The van der Waals surface area contributed by atoms with Crippen LogP contribution >= 0.6 is 11.6 Å². The van der Waals surface area contributed by atoms with Crippen LogP contribution in [0.2, 0.25) is 5.02 Å². The van der Waals surface area contributed by atoms with Crippen LogP contribution in [0.25, 0.3) is 5.57 Å². The minimum Gasteiger partial charge on any atom is -0.466 e. The Morgan fingerprint density at radius 1 is 1.07 bits per heavy atom. The molecule has 0 spiro atoms. The van der Waals surface area contributed by atoms with Crippen LogP contribution in [-0.2, 0) is 9.53 Å². The van der Waals surface area contributed by atoms with Gasteiger partial charge < -0.3 is 4.74 Å². The molecule has 1 aromatic rings. The number of halogens is 1. The van der Waals surface area contributed by atoms with E-state index < -0.39 is 5.41 Å². The predicted molar refractivity (Wildman–Crippen MR) is 122 cm³/mol. The van der Waals surface area contributed by atoms with Gasteiger partial charge in [-0.3, -0.25) is 4.79 Å². The third-order valence-corrected chi connectivity index (χ3v) is 5.85. The zero-order valence-electron chi connectivity index (χ0n) is 18.5. The van der Waals surface area contributed by atoms with E-state index in [1.54, 1.807) is 0 Å². The number of hydrogen-bond acceptors (Lipinski definition) is 2. The summed E-state index contributed by atoms with van der Waals surface area (Å²) in [6, 6.07) is 8.06. The minimum absolute atomic E-state index is 0.111. The first-order chi connectivity index (χ1) is 13.4. The molecular weight excluding hydrogens is 368 g/mol. The quantitative estimate of drug-likeness (QED) is 0.244. The Bertz CT molecular complexity index is 619. The minimum atomic E-state index is -0.555. The van der Waals surface area contributed by atoms with Gasteiger partial charge in [0, 0.05) is 5.02 Å². The second-order valence-corrected chi connectivity index (χ2v) is 8.58. The molecule has 0 saturated heterocycles. The lowest BCUT2D eigenvalue weighted by molar-refractivity contribution is -0.155. The maximum atomic E-state index is 12.7. The van der Waals surface area contributed by atoms with Crippen molar-refractivity contribution >= 4 is 23.1 Å². The van der Waals surface area contributed by atoms with E-state index in [0.29, 0.717) is 6.61 Å². The van der Waals surface area contributed by atoms with Gasteiger partial charge in [0.2, 0.25) is 0 Å². The molecule has 2 nitrogen and oxygen atoms in total. The molecular formula is C25H39ClO2. The van der Waals surface area contributed by atoms with Gasteiger partial charge in [-0.2, -0.15) is 0 Å². The van der Waals surface area contributed by atoms with Crippen molar-refractivity contribution in [2.45, 2.75) is 86.0 Å². The highest BCUT2D eigenvalue weighted by atomic mass is 35.5. The van der Waals surface area contributed by atoms with Gasteiger partial charge in [-0.05, 0) is 63.2 Å². The van der Waals surface area contributed by atoms with E-state index in [1.807, 2.05) is 39.0 Å². The average molecular weight is 407 g/mol. The smallest absolute Gasteiger partial charge is 0.312 e. The topological polar surface area (TPSA) is 26.3 Å². The second-order valence-electron chi connectivity index (χ2n) is 8.17. The van der Waals surface area contributed by atoms with Crippen molar-refractivity contribution in [1.29, 1.82) is 0 Å². The zero-order valence-corrected chi connectivity index (χ0v) is 19.3. The first kappa shape index (κ1) is 24.8. The molecule has 158 valence electrons. The van der Waals surface area contributed by atoms with Gasteiger partial charge in [-0.25, -0.2) is 0 Å². The molecule has 1 aromatic carbocycles. The Morgan fingerprint density at radius 2 is 1.71 bits per heavy atom. The van der Waals surface area contributed by atoms with Crippen molar-refractivity contribution in [2.24, 2.45) is 11.3 Å². The molecule has 1 rings (SSSR count). The van der Waals surface area contributed by atoms with Crippen molar-refractivity contribution in [3.63, 3.8) is 0 Å². The van der Waals surface area contributed by atoms with Gasteiger partial charge in [-0.1, -0.05) is 81.8 Å². The molecule has 1 unspecified atom stereocenters. The summed E-state index contributed by atoms with van der Waals surface area (Å²) in [5.41, 5.74) is 1.81. The predicted octanol–water partition coefficient (Wildman–Crippen LogP) is 8.09. The number of carbonyl (C=O) groups is 1. The molecule has 0 amide bonds. The van der Waals surface area contributed by atoms with E-state index in [4.69, 9.17) is 16.3 Å². The van der Waals surface area contributed by atoms with Crippen molar-refractivity contribution in [3.8, 4) is 0 Å². The maximum absolute atomic E-state index is 12.7. The SMILES string of the molecule is CCCCC/C(=C\C(CCCCC)C(C)(C)C(=O)OCC)c1ccccc1Cl. The summed E-state index contributed by atoms with van der Waals surface area (Å²) >= 11 is 6.54. The molecule has 0 fully saturated rings. The van der Waals surface area contributed by atoms with Crippen LogP contribution in [0.3, 0.4) is 0 Å². The van der Waals surface area contributed by atoms with E-state index in [9.17, 15) is 4.79 Å². The molecule has 0 aliphatic carbocycles. The number of benzene rings is 1. The third-order valence-electron chi connectivity index (χ3n) is 5.52. The molecule has 0 aliphatic rings. The van der Waals surface area contributed by atoms with Crippen LogP contribution in [0.1, 0.15) is 91.5 Å². The lowest BCUT2D eigenvalue weighted by Gasteiger charge is -2.31. The van der Waals surface area contributed by atoms with E-state index in [0.717, 1.165) is 36.3 Å². The number of esters is 1. The zero-order chi connectivity index (χ0) is 21.0. The number of hydrogen-bond donors (Lipinski definition) is 0. The summed E-state index contributed by atoms with van der Waals surface area (Å²) < 4.78 is 5.41. The summed E-state index contributed by atoms with van der Waals surface area (Å²) in [6.45, 7) is 10.8. The lowest BCUT2D eigenvalue weighted by atomic mass is 9.74. The summed E-state index contributed by atoms with van der Waals surface area (Å²) in [5, 5.41) is 0.784. The normalized spacial score (nSPS) is 13.4. The summed E-state index contributed by atoms with van der Waals surface area (Å²) in [7, 11) is 0. The van der Waals surface area contributed by atoms with Crippen LogP contribution in [-0.4, -0.2) is 12.6 Å². The van der Waals surface area contributed by atoms with Gasteiger partial charge in [0.1, 0.15) is 0 Å². The highest BCUT2D eigenvalue weighted by Gasteiger charge is 2.36. The standard InChI is InChI=1S/C25H39ClO2/c1-6-9-11-15-20(22-17-13-14-18-23(22)26)19-21(16-12-10-7-2)25(4,5)24(27)28-8-3/h13-14,17-19,21H,6-12,15-16H2,1-5H3/b20-19+. The van der Waals surface area contributed by atoms with Crippen molar-refractivity contribution in [2.75, 3.05) is 6.61 Å². The number of rotatable bonds is 13. The fourth-order valence-electron chi connectivity index (χ4n) is 3.57. The molecule has 0 bridgehead atoms. The van der Waals surface area contributed by atoms with Gasteiger partial charge in [0.15, 0.2) is 0 Å². The van der Waals surface area contributed by atoms with Crippen molar-refractivity contribution in [1.82, 2.24) is 0 Å². The van der Waals surface area contributed by atoms with Gasteiger partial charge in [0.25, 0.3) is 0 Å². The molecule has 0 N–H and O–H groups in total. The molecule has 0 aliphatic heterocycles. The first-order valence-electron chi connectivity index (χ1n) is 11.0. The molecule has 0 saturated carbocycles.